The summed E-state index contributed by atoms with van der Waals surface area (Å²) in [4.78, 5) is 12.9. The van der Waals surface area contributed by atoms with E-state index in [0.29, 0.717) is 30.4 Å². The summed E-state index contributed by atoms with van der Waals surface area (Å²) in [5.41, 5.74) is 1.57. The summed E-state index contributed by atoms with van der Waals surface area (Å²) in [5.74, 6) is 0.541. The average Bonchev–Trinajstić information content (AvgIpc) is 2.79. The number of amides is 1. The fourth-order valence-corrected chi connectivity index (χ4v) is 4.95. The van der Waals surface area contributed by atoms with Crippen molar-refractivity contribution in [3.63, 3.8) is 0 Å². The largest absolute Gasteiger partial charge is 0.486 e. The van der Waals surface area contributed by atoms with Gasteiger partial charge in [-0.15, -0.1) is 0 Å². The SMILES string of the molecule is Cc1ccc(S(=O)(=O)N(CC(=O)Nc2ccc3c(c2)OCCO3)c2ccc(Cl)c(Cl)c2)cc1. The van der Waals surface area contributed by atoms with Crippen molar-refractivity contribution >= 4 is 50.5 Å². The zero-order valence-corrected chi connectivity index (χ0v) is 19.9. The molecule has 1 aliphatic rings. The van der Waals surface area contributed by atoms with E-state index in [4.69, 9.17) is 32.7 Å². The van der Waals surface area contributed by atoms with Crippen LogP contribution in [0.2, 0.25) is 10.0 Å². The lowest BCUT2D eigenvalue weighted by molar-refractivity contribution is -0.114. The number of halogens is 2. The van der Waals surface area contributed by atoms with Crippen LogP contribution >= 0.6 is 23.2 Å². The normalized spacial score (nSPS) is 12.8. The molecule has 0 fully saturated rings. The molecule has 172 valence electrons. The Bertz CT molecular complexity index is 1300. The summed E-state index contributed by atoms with van der Waals surface area (Å²) in [6.07, 6.45) is 0. The molecule has 1 heterocycles. The molecule has 0 bridgehead atoms. The predicted octanol–water partition coefficient (Wildman–Crippen LogP) is 4.91. The Balaban J connectivity index is 1.64. The van der Waals surface area contributed by atoms with Crippen molar-refractivity contribution in [3.05, 3.63) is 76.3 Å². The molecule has 0 radical (unpaired) electrons. The Kier molecular flexibility index (Phi) is 6.69. The van der Waals surface area contributed by atoms with E-state index in [1.54, 1.807) is 30.3 Å². The molecular formula is C23H20Cl2N2O5S. The first-order valence-electron chi connectivity index (χ1n) is 9.98. The molecule has 33 heavy (non-hydrogen) atoms. The van der Waals surface area contributed by atoms with Gasteiger partial charge < -0.3 is 14.8 Å². The molecule has 3 aromatic rings. The number of fused-ring (bicyclic) bond motifs is 1. The summed E-state index contributed by atoms with van der Waals surface area (Å²) in [5, 5.41) is 3.16. The second-order valence-electron chi connectivity index (χ2n) is 7.33. The smallest absolute Gasteiger partial charge is 0.264 e. The van der Waals surface area contributed by atoms with Gasteiger partial charge in [-0.1, -0.05) is 40.9 Å². The van der Waals surface area contributed by atoms with Gasteiger partial charge in [0.2, 0.25) is 5.91 Å². The number of ether oxygens (including phenoxy) is 2. The highest BCUT2D eigenvalue weighted by molar-refractivity contribution is 7.92. The highest BCUT2D eigenvalue weighted by atomic mass is 35.5. The highest BCUT2D eigenvalue weighted by Crippen LogP contribution is 2.33. The van der Waals surface area contributed by atoms with E-state index < -0.39 is 22.5 Å². The molecule has 0 aliphatic carbocycles. The minimum Gasteiger partial charge on any atom is -0.486 e. The number of hydrogen-bond donors (Lipinski definition) is 1. The van der Waals surface area contributed by atoms with Gasteiger partial charge in [0, 0.05) is 11.8 Å². The quantitative estimate of drug-likeness (QED) is 0.513. The van der Waals surface area contributed by atoms with Gasteiger partial charge in [0.25, 0.3) is 10.0 Å². The summed E-state index contributed by atoms with van der Waals surface area (Å²) >= 11 is 12.1. The molecule has 1 amide bonds. The van der Waals surface area contributed by atoms with E-state index in [9.17, 15) is 13.2 Å². The molecule has 0 saturated heterocycles. The second kappa shape index (κ2) is 9.51. The van der Waals surface area contributed by atoms with Crippen LogP contribution in [0.25, 0.3) is 0 Å². The van der Waals surface area contributed by atoms with E-state index in [1.165, 1.54) is 30.3 Å². The van der Waals surface area contributed by atoms with Crippen LogP contribution in [0, 0.1) is 6.92 Å². The van der Waals surface area contributed by atoms with E-state index in [2.05, 4.69) is 5.32 Å². The number of rotatable bonds is 6. The van der Waals surface area contributed by atoms with Gasteiger partial charge in [0.1, 0.15) is 19.8 Å². The maximum absolute atomic E-state index is 13.5. The van der Waals surface area contributed by atoms with Crippen LogP contribution in [0.4, 0.5) is 11.4 Å². The zero-order valence-electron chi connectivity index (χ0n) is 17.5. The molecule has 3 aromatic carbocycles. The molecule has 7 nitrogen and oxygen atoms in total. The summed E-state index contributed by atoms with van der Waals surface area (Å²) < 4.78 is 38.9. The van der Waals surface area contributed by atoms with Gasteiger partial charge in [-0.25, -0.2) is 8.42 Å². The Hall–Kier alpha value is -2.94. The van der Waals surface area contributed by atoms with Crippen molar-refractivity contribution in [1.29, 1.82) is 0 Å². The van der Waals surface area contributed by atoms with Crippen molar-refractivity contribution < 1.29 is 22.7 Å². The van der Waals surface area contributed by atoms with Gasteiger partial charge in [-0.3, -0.25) is 9.10 Å². The topological polar surface area (TPSA) is 84.9 Å². The minimum atomic E-state index is -4.08. The maximum atomic E-state index is 13.5. The number of nitrogens with one attached hydrogen (secondary N) is 1. The lowest BCUT2D eigenvalue weighted by atomic mass is 10.2. The second-order valence-corrected chi connectivity index (χ2v) is 10.0. The van der Waals surface area contributed by atoms with Gasteiger partial charge in [-0.05, 0) is 49.4 Å². The first-order chi connectivity index (χ1) is 15.7. The summed E-state index contributed by atoms with van der Waals surface area (Å²) in [6, 6.07) is 15.7. The number of sulfonamides is 1. The van der Waals surface area contributed by atoms with E-state index in [-0.39, 0.29) is 20.6 Å². The van der Waals surface area contributed by atoms with E-state index in [1.807, 2.05) is 6.92 Å². The maximum Gasteiger partial charge on any atom is 0.264 e. The van der Waals surface area contributed by atoms with Gasteiger partial charge in [-0.2, -0.15) is 0 Å². The lowest BCUT2D eigenvalue weighted by Crippen LogP contribution is -2.38. The Morgan fingerprint density at radius 3 is 2.33 bits per heavy atom. The third-order valence-corrected chi connectivity index (χ3v) is 7.44. The summed E-state index contributed by atoms with van der Waals surface area (Å²) in [7, 11) is -4.08. The lowest BCUT2D eigenvalue weighted by Gasteiger charge is -2.25. The van der Waals surface area contributed by atoms with E-state index >= 15 is 0 Å². The fourth-order valence-electron chi connectivity index (χ4n) is 3.24. The first kappa shape index (κ1) is 23.2. The molecular weight excluding hydrogens is 487 g/mol. The van der Waals surface area contributed by atoms with Gasteiger partial charge >= 0.3 is 0 Å². The van der Waals surface area contributed by atoms with Crippen molar-refractivity contribution in [3.8, 4) is 11.5 Å². The minimum absolute atomic E-state index is 0.0475. The predicted molar refractivity (Wildman–Crippen MR) is 128 cm³/mol. The monoisotopic (exact) mass is 506 g/mol. The standard InChI is InChI=1S/C23H20Cl2N2O5S/c1-15-2-6-18(7-3-15)33(29,30)27(17-5-8-19(24)20(25)13-17)14-23(28)26-16-4-9-21-22(12-16)32-11-10-31-21/h2-9,12-13H,10-11,14H2,1H3,(H,26,28). The van der Waals surface area contributed by atoms with Crippen LogP contribution in [-0.2, 0) is 14.8 Å². The third kappa shape index (κ3) is 5.19. The Morgan fingerprint density at radius 1 is 0.939 bits per heavy atom. The molecule has 1 N–H and O–H groups in total. The molecule has 1 aliphatic heterocycles. The molecule has 0 atom stereocenters. The number of hydrogen-bond acceptors (Lipinski definition) is 5. The molecule has 0 unspecified atom stereocenters. The van der Waals surface area contributed by atoms with Gasteiger partial charge in [0.15, 0.2) is 11.5 Å². The van der Waals surface area contributed by atoms with Crippen LogP contribution in [0.1, 0.15) is 5.56 Å². The third-order valence-electron chi connectivity index (χ3n) is 4.91. The molecule has 0 saturated carbocycles. The van der Waals surface area contributed by atoms with Crippen LogP contribution < -0.4 is 19.1 Å². The van der Waals surface area contributed by atoms with Crippen molar-refractivity contribution in [1.82, 2.24) is 0 Å². The number of carbonyl (C=O) groups is 1. The number of nitrogens with zero attached hydrogens (tertiary/aromatic N) is 1. The van der Waals surface area contributed by atoms with Crippen molar-refractivity contribution in [2.45, 2.75) is 11.8 Å². The molecule has 10 heteroatoms. The Morgan fingerprint density at radius 2 is 1.64 bits per heavy atom. The fraction of sp³-hybridized carbons (Fsp3) is 0.174. The summed E-state index contributed by atoms with van der Waals surface area (Å²) in [6.45, 7) is 2.23. The molecule has 0 spiro atoms. The number of benzene rings is 3. The number of anilines is 2. The number of carbonyl (C=O) groups excluding carboxylic acids is 1. The van der Waals surface area contributed by atoms with Crippen molar-refractivity contribution in [2.75, 3.05) is 29.4 Å². The van der Waals surface area contributed by atoms with Crippen molar-refractivity contribution in [2.24, 2.45) is 0 Å². The molecule has 0 aromatic heterocycles. The first-order valence-corrected chi connectivity index (χ1v) is 12.2. The Labute approximate surface area is 201 Å². The average molecular weight is 507 g/mol. The number of aryl methyl sites for hydroxylation is 1. The van der Waals surface area contributed by atoms with Gasteiger partial charge in [0.05, 0.1) is 20.6 Å². The van der Waals surface area contributed by atoms with Crippen LogP contribution in [0.5, 0.6) is 11.5 Å². The van der Waals surface area contributed by atoms with Crippen LogP contribution in [0.15, 0.2) is 65.6 Å². The highest BCUT2D eigenvalue weighted by Gasteiger charge is 2.28. The molecule has 4 rings (SSSR count). The van der Waals surface area contributed by atoms with E-state index in [0.717, 1.165) is 9.87 Å². The van der Waals surface area contributed by atoms with Crippen LogP contribution in [0.3, 0.4) is 0 Å². The zero-order chi connectivity index (χ0) is 23.6. The van der Waals surface area contributed by atoms with Crippen LogP contribution in [-0.4, -0.2) is 34.1 Å².